The van der Waals surface area contributed by atoms with Gasteiger partial charge in [-0.1, -0.05) is 23.7 Å². The molecule has 0 bridgehead atoms. The Hall–Kier alpha value is -2.26. The fourth-order valence-electron chi connectivity index (χ4n) is 2.47. The van der Waals surface area contributed by atoms with E-state index in [9.17, 15) is 5.11 Å². The molecule has 3 nitrogen and oxygen atoms in total. The van der Waals surface area contributed by atoms with E-state index in [1.807, 2.05) is 32.0 Å². The smallest absolute Gasteiger partial charge is 0.198 e. The zero-order valence-electron chi connectivity index (χ0n) is 11.8. The van der Waals surface area contributed by atoms with Gasteiger partial charge in [0.25, 0.3) is 0 Å². The van der Waals surface area contributed by atoms with Gasteiger partial charge < -0.3 is 10.1 Å². The summed E-state index contributed by atoms with van der Waals surface area (Å²) < 4.78 is 0. The van der Waals surface area contributed by atoms with Gasteiger partial charge in [0.05, 0.1) is 16.8 Å². The molecule has 4 heteroatoms. The molecule has 0 radical (unpaired) electrons. The third kappa shape index (κ3) is 2.78. The van der Waals surface area contributed by atoms with Crippen molar-refractivity contribution >= 4 is 34.4 Å². The third-order valence-electron chi connectivity index (χ3n) is 3.33. The molecule has 21 heavy (non-hydrogen) atoms. The van der Waals surface area contributed by atoms with Crippen LogP contribution in [-0.2, 0) is 0 Å². The summed E-state index contributed by atoms with van der Waals surface area (Å²) in [5.74, 6) is 0.0976. The van der Waals surface area contributed by atoms with Gasteiger partial charge in [0.15, 0.2) is 5.88 Å². The standard InChI is InChI=1S/C17H15ClN2O/c1-10-5-11(2)7-13(6-10)19-9-15-14-4-3-12(18)8-16(14)20-17(15)21/h3-9,20-21H,1-2H3. The Balaban J connectivity index is 2.05. The minimum atomic E-state index is 0.0976. The van der Waals surface area contributed by atoms with Gasteiger partial charge in [-0.15, -0.1) is 0 Å². The van der Waals surface area contributed by atoms with E-state index >= 15 is 0 Å². The van der Waals surface area contributed by atoms with Crippen LogP contribution in [0.15, 0.2) is 41.4 Å². The van der Waals surface area contributed by atoms with E-state index in [1.54, 1.807) is 18.3 Å². The molecule has 3 aromatic rings. The summed E-state index contributed by atoms with van der Waals surface area (Å²) in [5, 5.41) is 11.5. The number of halogens is 1. The van der Waals surface area contributed by atoms with Gasteiger partial charge in [0.1, 0.15) is 0 Å². The molecule has 0 atom stereocenters. The van der Waals surface area contributed by atoms with Crippen LogP contribution >= 0.6 is 11.6 Å². The lowest BCUT2D eigenvalue weighted by Gasteiger charge is -1.99. The van der Waals surface area contributed by atoms with Gasteiger partial charge in [0.2, 0.25) is 0 Å². The van der Waals surface area contributed by atoms with E-state index < -0.39 is 0 Å². The lowest BCUT2D eigenvalue weighted by molar-refractivity contribution is 0.457. The number of aliphatic imine (C=N–C) groups is 1. The summed E-state index contributed by atoms with van der Waals surface area (Å²) in [5.41, 5.74) is 4.66. The molecule has 0 saturated carbocycles. The van der Waals surface area contributed by atoms with E-state index in [1.165, 1.54) is 0 Å². The molecular weight excluding hydrogens is 284 g/mol. The Bertz CT molecular complexity index is 829. The van der Waals surface area contributed by atoms with Crippen LogP contribution in [0.4, 0.5) is 5.69 Å². The third-order valence-corrected chi connectivity index (χ3v) is 3.56. The first-order chi connectivity index (χ1) is 10.0. The summed E-state index contributed by atoms with van der Waals surface area (Å²) in [7, 11) is 0. The van der Waals surface area contributed by atoms with Gasteiger partial charge >= 0.3 is 0 Å². The Morgan fingerprint density at radius 3 is 2.52 bits per heavy atom. The van der Waals surface area contributed by atoms with Crippen LogP contribution in [0.2, 0.25) is 5.02 Å². The SMILES string of the molecule is Cc1cc(C)cc(N=Cc2c(O)[nH]c3cc(Cl)ccc23)c1. The van der Waals surface area contributed by atoms with Crippen molar-refractivity contribution in [2.45, 2.75) is 13.8 Å². The summed E-state index contributed by atoms with van der Waals surface area (Å²) in [6, 6.07) is 11.6. The number of aryl methyl sites for hydroxylation is 2. The number of nitrogens with zero attached hydrogens (tertiary/aromatic N) is 1. The maximum atomic E-state index is 10.0. The maximum Gasteiger partial charge on any atom is 0.198 e. The highest BCUT2D eigenvalue weighted by Crippen LogP contribution is 2.28. The predicted molar refractivity (Wildman–Crippen MR) is 88.1 cm³/mol. The predicted octanol–water partition coefficient (Wildman–Crippen LogP) is 4.89. The van der Waals surface area contributed by atoms with Crippen LogP contribution in [-0.4, -0.2) is 16.3 Å². The van der Waals surface area contributed by atoms with Gasteiger partial charge in [-0.2, -0.15) is 0 Å². The molecule has 2 N–H and O–H groups in total. The molecule has 0 amide bonds. The average Bonchev–Trinajstić information content (AvgIpc) is 2.70. The lowest BCUT2D eigenvalue weighted by Crippen LogP contribution is -1.81. The molecule has 0 aliphatic rings. The highest BCUT2D eigenvalue weighted by molar-refractivity contribution is 6.31. The van der Waals surface area contributed by atoms with Crippen molar-refractivity contribution in [2.75, 3.05) is 0 Å². The highest BCUT2D eigenvalue weighted by atomic mass is 35.5. The minimum absolute atomic E-state index is 0.0976. The monoisotopic (exact) mass is 298 g/mol. The number of H-pyrrole nitrogens is 1. The largest absolute Gasteiger partial charge is 0.494 e. The molecule has 2 aromatic carbocycles. The Labute approximate surface area is 127 Å². The van der Waals surface area contributed by atoms with Crippen LogP contribution in [0.5, 0.6) is 5.88 Å². The van der Waals surface area contributed by atoms with Crippen molar-refractivity contribution < 1.29 is 5.11 Å². The number of hydrogen-bond donors (Lipinski definition) is 2. The van der Waals surface area contributed by atoms with E-state index in [0.717, 1.165) is 27.7 Å². The second-order valence-electron chi connectivity index (χ2n) is 5.18. The number of rotatable bonds is 2. The van der Waals surface area contributed by atoms with Crippen molar-refractivity contribution in [3.05, 3.63) is 58.1 Å². The van der Waals surface area contributed by atoms with Crippen LogP contribution in [0, 0.1) is 13.8 Å². The van der Waals surface area contributed by atoms with Crippen molar-refractivity contribution in [1.82, 2.24) is 4.98 Å². The molecular formula is C17H15ClN2O. The molecule has 0 saturated heterocycles. The molecule has 1 aromatic heterocycles. The molecule has 3 rings (SSSR count). The molecule has 106 valence electrons. The zero-order valence-corrected chi connectivity index (χ0v) is 12.6. The van der Waals surface area contributed by atoms with Gasteiger partial charge in [-0.05, 0) is 49.2 Å². The Morgan fingerprint density at radius 2 is 1.81 bits per heavy atom. The quantitative estimate of drug-likeness (QED) is 0.650. The Morgan fingerprint density at radius 1 is 1.10 bits per heavy atom. The number of nitrogens with one attached hydrogen (secondary N) is 1. The number of benzene rings is 2. The van der Waals surface area contributed by atoms with Crippen LogP contribution < -0.4 is 0 Å². The van der Waals surface area contributed by atoms with E-state index in [2.05, 4.69) is 16.0 Å². The summed E-state index contributed by atoms with van der Waals surface area (Å²) in [6.45, 7) is 4.08. The topological polar surface area (TPSA) is 48.4 Å². The Kier molecular flexibility index (Phi) is 3.43. The minimum Gasteiger partial charge on any atom is -0.494 e. The molecule has 0 spiro atoms. The molecule has 0 aliphatic heterocycles. The fourth-order valence-corrected chi connectivity index (χ4v) is 2.64. The second-order valence-corrected chi connectivity index (χ2v) is 5.62. The summed E-state index contributed by atoms with van der Waals surface area (Å²) >= 11 is 5.95. The van der Waals surface area contributed by atoms with Crippen molar-refractivity contribution in [3.63, 3.8) is 0 Å². The summed E-state index contributed by atoms with van der Waals surface area (Å²) in [4.78, 5) is 7.37. The number of fused-ring (bicyclic) bond motifs is 1. The zero-order chi connectivity index (χ0) is 15.0. The van der Waals surface area contributed by atoms with E-state index in [-0.39, 0.29) is 5.88 Å². The fraction of sp³-hybridized carbons (Fsp3) is 0.118. The van der Waals surface area contributed by atoms with Crippen LogP contribution in [0.25, 0.3) is 10.9 Å². The van der Waals surface area contributed by atoms with Crippen molar-refractivity contribution in [2.24, 2.45) is 4.99 Å². The summed E-state index contributed by atoms with van der Waals surface area (Å²) in [6.07, 6.45) is 1.68. The van der Waals surface area contributed by atoms with Crippen molar-refractivity contribution in [3.8, 4) is 5.88 Å². The molecule has 0 fully saturated rings. The second kappa shape index (κ2) is 5.26. The van der Waals surface area contributed by atoms with Crippen LogP contribution in [0.1, 0.15) is 16.7 Å². The first-order valence-corrected chi connectivity index (χ1v) is 7.03. The molecule has 1 heterocycles. The first kappa shape index (κ1) is 13.7. The number of aromatic amines is 1. The van der Waals surface area contributed by atoms with Crippen LogP contribution in [0.3, 0.4) is 0 Å². The number of aromatic hydroxyl groups is 1. The highest BCUT2D eigenvalue weighted by Gasteiger charge is 2.09. The van der Waals surface area contributed by atoms with Gasteiger partial charge in [-0.25, -0.2) is 0 Å². The number of aromatic nitrogens is 1. The number of hydrogen-bond acceptors (Lipinski definition) is 2. The van der Waals surface area contributed by atoms with E-state index in [4.69, 9.17) is 11.6 Å². The van der Waals surface area contributed by atoms with Gasteiger partial charge in [0, 0.05) is 16.6 Å². The first-order valence-electron chi connectivity index (χ1n) is 6.65. The van der Waals surface area contributed by atoms with Crippen molar-refractivity contribution in [1.29, 1.82) is 0 Å². The molecule has 0 unspecified atom stereocenters. The maximum absolute atomic E-state index is 10.0. The average molecular weight is 299 g/mol. The molecule has 0 aliphatic carbocycles. The van der Waals surface area contributed by atoms with E-state index in [0.29, 0.717) is 10.6 Å². The van der Waals surface area contributed by atoms with Gasteiger partial charge in [-0.3, -0.25) is 4.99 Å². The lowest BCUT2D eigenvalue weighted by atomic mass is 10.1. The normalized spacial score (nSPS) is 11.6.